The predicted octanol–water partition coefficient (Wildman–Crippen LogP) is 2.21. The summed E-state index contributed by atoms with van der Waals surface area (Å²) >= 11 is 0.798. The SMILES string of the molecule is COc1ccccc1C=C1SC(=O)N(CCC(=O)O)C1=O. The third kappa shape index (κ3) is 3.43. The van der Waals surface area contributed by atoms with Crippen LogP contribution in [-0.4, -0.2) is 40.8 Å². The van der Waals surface area contributed by atoms with Crippen LogP contribution >= 0.6 is 11.8 Å². The van der Waals surface area contributed by atoms with Crippen LogP contribution in [0.4, 0.5) is 4.79 Å². The molecule has 0 atom stereocenters. The molecule has 1 aromatic carbocycles. The molecule has 1 N–H and O–H groups in total. The van der Waals surface area contributed by atoms with Crippen LogP contribution < -0.4 is 4.74 Å². The second kappa shape index (κ2) is 6.45. The van der Waals surface area contributed by atoms with E-state index >= 15 is 0 Å². The van der Waals surface area contributed by atoms with Crippen molar-refractivity contribution in [2.45, 2.75) is 6.42 Å². The van der Waals surface area contributed by atoms with Crippen molar-refractivity contribution < 1.29 is 24.2 Å². The van der Waals surface area contributed by atoms with Crippen LogP contribution in [-0.2, 0) is 9.59 Å². The number of aliphatic carboxylic acids is 1. The van der Waals surface area contributed by atoms with Crippen molar-refractivity contribution >= 4 is 35.0 Å². The first-order chi connectivity index (χ1) is 10.0. The van der Waals surface area contributed by atoms with Gasteiger partial charge in [0.05, 0.1) is 18.4 Å². The lowest BCUT2D eigenvalue weighted by Crippen LogP contribution is -2.30. The lowest BCUT2D eigenvalue weighted by atomic mass is 10.2. The topological polar surface area (TPSA) is 83.9 Å². The summed E-state index contributed by atoms with van der Waals surface area (Å²) in [5.74, 6) is -0.935. The van der Waals surface area contributed by atoms with Crippen molar-refractivity contribution in [3.05, 3.63) is 34.7 Å². The van der Waals surface area contributed by atoms with Gasteiger partial charge < -0.3 is 9.84 Å². The Hall–Kier alpha value is -2.28. The molecule has 0 aromatic heterocycles. The first-order valence-corrected chi connectivity index (χ1v) is 6.94. The Morgan fingerprint density at radius 1 is 1.38 bits per heavy atom. The van der Waals surface area contributed by atoms with Gasteiger partial charge in [0.15, 0.2) is 0 Å². The molecular weight excluding hydrogens is 294 g/mol. The molecule has 1 aliphatic heterocycles. The van der Waals surface area contributed by atoms with Crippen LogP contribution in [0.2, 0.25) is 0 Å². The summed E-state index contributed by atoms with van der Waals surface area (Å²) in [6.07, 6.45) is 1.31. The maximum atomic E-state index is 12.1. The van der Waals surface area contributed by atoms with E-state index in [0.717, 1.165) is 16.7 Å². The number of benzene rings is 1. The molecule has 1 heterocycles. The van der Waals surface area contributed by atoms with Gasteiger partial charge in [0.2, 0.25) is 0 Å². The van der Waals surface area contributed by atoms with E-state index in [0.29, 0.717) is 11.3 Å². The minimum absolute atomic E-state index is 0.122. The highest BCUT2D eigenvalue weighted by atomic mass is 32.2. The standard InChI is InChI=1S/C14H13NO5S/c1-20-10-5-3-2-4-9(10)8-11-13(18)15(14(19)21-11)7-6-12(16)17/h2-5,8H,6-7H2,1H3,(H,16,17). The molecule has 0 unspecified atom stereocenters. The van der Waals surface area contributed by atoms with Crippen molar-refractivity contribution in [3.63, 3.8) is 0 Å². The van der Waals surface area contributed by atoms with Crippen LogP contribution in [0.5, 0.6) is 5.75 Å². The molecule has 0 spiro atoms. The van der Waals surface area contributed by atoms with Crippen LogP contribution in [0.1, 0.15) is 12.0 Å². The molecule has 0 bridgehead atoms. The monoisotopic (exact) mass is 307 g/mol. The summed E-state index contributed by atoms with van der Waals surface area (Å²) in [6.45, 7) is -0.122. The average Bonchev–Trinajstić information content (AvgIpc) is 2.72. The Balaban J connectivity index is 2.22. The Morgan fingerprint density at radius 2 is 2.10 bits per heavy atom. The lowest BCUT2D eigenvalue weighted by molar-refractivity contribution is -0.137. The molecule has 0 saturated carbocycles. The molecule has 1 fully saturated rings. The zero-order valence-corrected chi connectivity index (χ0v) is 12.1. The van der Waals surface area contributed by atoms with Crippen molar-refractivity contribution in [3.8, 4) is 5.75 Å². The lowest BCUT2D eigenvalue weighted by Gasteiger charge is -2.10. The Bertz CT molecular complexity index is 626. The summed E-state index contributed by atoms with van der Waals surface area (Å²) in [5, 5.41) is 8.17. The van der Waals surface area contributed by atoms with Gasteiger partial charge >= 0.3 is 5.97 Å². The van der Waals surface area contributed by atoms with E-state index in [9.17, 15) is 14.4 Å². The van der Waals surface area contributed by atoms with E-state index in [2.05, 4.69) is 0 Å². The van der Waals surface area contributed by atoms with E-state index in [-0.39, 0.29) is 17.9 Å². The quantitative estimate of drug-likeness (QED) is 0.840. The Morgan fingerprint density at radius 3 is 2.76 bits per heavy atom. The van der Waals surface area contributed by atoms with E-state index in [1.54, 1.807) is 30.3 Å². The molecule has 1 saturated heterocycles. The maximum Gasteiger partial charge on any atom is 0.305 e. The molecule has 6 nitrogen and oxygen atoms in total. The van der Waals surface area contributed by atoms with Gasteiger partial charge in [-0.15, -0.1) is 0 Å². The number of methoxy groups -OCH3 is 1. The fourth-order valence-corrected chi connectivity index (χ4v) is 2.68. The number of ether oxygens (including phenoxy) is 1. The van der Waals surface area contributed by atoms with Gasteiger partial charge in [-0.25, -0.2) is 0 Å². The number of imide groups is 1. The van der Waals surface area contributed by atoms with Crippen LogP contribution in [0, 0.1) is 0 Å². The number of carbonyl (C=O) groups excluding carboxylic acids is 2. The van der Waals surface area contributed by atoms with Gasteiger partial charge in [0.25, 0.3) is 11.1 Å². The zero-order valence-electron chi connectivity index (χ0n) is 11.2. The number of amides is 2. The number of carbonyl (C=O) groups is 3. The number of nitrogens with zero attached hydrogens (tertiary/aromatic N) is 1. The summed E-state index contributed by atoms with van der Waals surface area (Å²) < 4.78 is 5.18. The second-order valence-corrected chi connectivity index (χ2v) is 5.21. The van der Waals surface area contributed by atoms with E-state index in [4.69, 9.17) is 9.84 Å². The fraction of sp³-hybridized carbons (Fsp3) is 0.214. The third-order valence-electron chi connectivity index (χ3n) is 2.85. The predicted molar refractivity (Wildman–Crippen MR) is 77.9 cm³/mol. The smallest absolute Gasteiger partial charge is 0.305 e. The Kier molecular flexibility index (Phi) is 4.64. The highest BCUT2D eigenvalue weighted by Crippen LogP contribution is 2.33. The molecule has 2 amide bonds. The van der Waals surface area contributed by atoms with E-state index < -0.39 is 17.1 Å². The van der Waals surface area contributed by atoms with Crippen LogP contribution in [0.3, 0.4) is 0 Å². The number of para-hydroxylation sites is 1. The number of carboxylic acid groups (broad SMARTS) is 1. The molecule has 1 aliphatic rings. The van der Waals surface area contributed by atoms with Crippen molar-refractivity contribution in [2.24, 2.45) is 0 Å². The van der Waals surface area contributed by atoms with E-state index in [1.807, 2.05) is 0 Å². The number of hydrogen-bond donors (Lipinski definition) is 1. The normalized spacial score (nSPS) is 16.6. The third-order valence-corrected chi connectivity index (χ3v) is 3.76. The largest absolute Gasteiger partial charge is 0.496 e. The van der Waals surface area contributed by atoms with Crippen molar-refractivity contribution in [2.75, 3.05) is 13.7 Å². The van der Waals surface area contributed by atoms with E-state index in [1.165, 1.54) is 7.11 Å². The molecule has 0 aliphatic carbocycles. The Labute approximate surface area is 125 Å². The molecule has 1 aromatic rings. The molecule has 21 heavy (non-hydrogen) atoms. The first-order valence-electron chi connectivity index (χ1n) is 6.13. The van der Waals surface area contributed by atoms with Gasteiger partial charge in [-0.05, 0) is 23.9 Å². The van der Waals surface area contributed by atoms with Gasteiger partial charge in [0.1, 0.15) is 5.75 Å². The number of hydrogen-bond acceptors (Lipinski definition) is 5. The highest BCUT2D eigenvalue weighted by molar-refractivity contribution is 8.18. The summed E-state index contributed by atoms with van der Waals surface area (Å²) in [4.78, 5) is 35.6. The van der Waals surface area contributed by atoms with Crippen molar-refractivity contribution in [1.82, 2.24) is 4.90 Å². The summed E-state index contributed by atoms with van der Waals surface area (Å²) in [7, 11) is 1.52. The minimum Gasteiger partial charge on any atom is -0.496 e. The van der Waals surface area contributed by atoms with Gasteiger partial charge in [-0.3, -0.25) is 19.3 Å². The zero-order chi connectivity index (χ0) is 15.4. The van der Waals surface area contributed by atoms with Crippen molar-refractivity contribution in [1.29, 1.82) is 0 Å². The maximum absolute atomic E-state index is 12.1. The van der Waals surface area contributed by atoms with Gasteiger partial charge in [-0.2, -0.15) is 0 Å². The average molecular weight is 307 g/mol. The van der Waals surface area contributed by atoms with Gasteiger partial charge in [-0.1, -0.05) is 18.2 Å². The second-order valence-electron chi connectivity index (χ2n) is 4.22. The molecular formula is C14H13NO5S. The number of rotatable bonds is 5. The molecule has 110 valence electrons. The molecule has 2 rings (SSSR count). The highest BCUT2D eigenvalue weighted by Gasteiger charge is 2.35. The fourth-order valence-electron chi connectivity index (χ4n) is 1.83. The minimum atomic E-state index is -1.05. The van der Waals surface area contributed by atoms with Gasteiger partial charge in [0, 0.05) is 12.1 Å². The summed E-state index contributed by atoms with van der Waals surface area (Å²) in [5.41, 5.74) is 0.684. The molecule has 7 heteroatoms. The molecule has 0 radical (unpaired) electrons. The first kappa shape index (κ1) is 15.1. The number of thioether (sulfide) groups is 1. The number of carboxylic acids is 1. The van der Waals surface area contributed by atoms with Crippen LogP contribution in [0.25, 0.3) is 6.08 Å². The van der Waals surface area contributed by atoms with Crippen LogP contribution in [0.15, 0.2) is 29.2 Å². The summed E-state index contributed by atoms with van der Waals surface area (Å²) in [6, 6.07) is 7.11.